The zero-order chi connectivity index (χ0) is 19.5. The number of aromatic nitrogens is 6. The largest absolute Gasteiger partial charge is 0.348 e. The Labute approximate surface area is 164 Å². The van der Waals surface area contributed by atoms with Crippen LogP contribution in [-0.4, -0.2) is 47.9 Å². The van der Waals surface area contributed by atoms with E-state index in [-0.39, 0.29) is 0 Å². The average Bonchev–Trinajstić information content (AvgIpc) is 3.13. The Bertz CT molecular complexity index is 917. The molecule has 8 nitrogen and oxygen atoms in total. The number of nitrogens with one attached hydrogen (secondary N) is 2. The van der Waals surface area contributed by atoms with Gasteiger partial charge in [0.1, 0.15) is 17.5 Å². The maximum absolute atomic E-state index is 4.79. The summed E-state index contributed by atoms with van der Waals surface area (Å²) in [6.07, 6.45) is 5.89. The molecule has 0 aromatic carbocycles. The zero-order valence-electron chi connectivity index (χ0n) is 16.6. The van der Waals surface area contributed by atoms with Crippen LogP contribution in [0.4, 0.5) is 11.8 Å². The summed E-state index contributed by atoms with van der Waals surface area (Å²) < 4.78 is 0. The van der Waals surface area contributed by atoms with E-state index >= 15 is 0 Å². The van der Waals surface area contributed by atoms with Crippen molar-refractivity contribution in [2.45, 2.75) is 46.1 Å². The minimum atomic E-state index is 0.310. The number of anilines is 2. The molecule has 0 saturated carbocycles. The zero-order valence-corrected chi connectivity index (χ0v) is 16.6. The lowest BCUT2D eigenvalue weighted by Gasteiger charge is -2.31. The van der Waals surface area contributed by atoms with E-state index in [1.54, 1.807) is 6.20 Å². The average molecular weight is 378 g/mol. The quantitative estimate of drug-likeness (QED) is 0.704. The minimum Gasteiger partial charge on any atom is -0.348 e. The molecule has 28 heavy (non-hydrogen) atoms. The first-order chi connectivity index (χ1) is 13.5. The number of hydrogen-bond acceptors (Lipinski definition) is 7. The molecule has 1 atom stereocenters. The summed E-state index contributed by atoms with van der Waals surface area (Å²) in [4.78, 5) is 28.4. The summed E-state index contributed by atoms with van der Waals surface area (Å²) in [7, 11) is 0. The van der Waals surface area contributed by atoms with Crippen molar-refractivity contribution in [2.75, 3.05) is 18.4 Å². The van der Waals surface area contributed by atoms with Gasteiger partial charge in [0.25, 0.3) is 0 Å². The van der Waals surface area contributed by atoms with Gasteiger partial charge in [-0.15, -0.1) is 0 Å². The number of aryl methyl sites for hydroxylation is 3. The Kier molecular flexibility index (Phi) is 5.29. The molecule has 0 bridgehead atoms. The standard InChI is InChI=1S/C20H26N8/c1-13-9-14(2)25-20(24-13)27-17-10-15(3)23-19(26-17)16-5-4-8-28(11-16)12-18-21-6-7-22-18/h6-7,9-10,16H,4-5,8,11-12H2,1-3H3,(H,21,22)(H,23,24,25,26,27). The van der Waals surface area contributed by atoms with Crippen molar-refractivity contribution in [1.29, 1.82) is 0 Å². The summed E-state index contributed by atoms with van der Waals surface area (Å²) in [6, 6.07) is 3.89. The SMILES string of the molecule is Cc1cc(C)nc(Nc2cc(C)nc(C3CCCN(Cc4ncc[nH]4)C3)n2)n1. The number of hydrogen-bond donors (Lipinski definition) is 2. The van der Waals surface area contributed by atoms with E-state index in [1.807, 2.05) is 39.1 Å². The number of likely N-dealkylation sites (tertiary alicyclic amines) is 1. The van der Waals surface area contributed by atoms with Gasteiger partial charge in [-0.2, -0.15) is 0 Å². The highest BCUT2D eigenvalue weighted by Gasteiger charge is 2.24. The lowest BCUT2D eigenvalue weighted by atomic mass is 9.97. The molecular formula is C20H26N8. The van der Waals surface area contributed by atoms with Crippen molar-refractivity contribution < 1.29 is 0 Å². The third-order valence-electron chi connectivity index (χ3n) is 4.89. The smallest absolute Gasteiger partial charge is 0.228 e. The second-order valence-corrected chi connectivity index (χ2v) is 7.46. The van der Waals surface area contributed by atoms with E-state index in [0.717, 1.165) is 67.0 Å². The van der Waals surface area contributed by atoms with E-state index in [2.05, 4.69) is 30.2 Å². The van der Waals surface area contributed by atoms with Crippen molar-refractivity contribution >= 4 is 11.8 Å². The lowest BCUT2D eigenvalue weighted by molar-refractivity contribution is 0.192. The molecule has 4 rings (SSSR count). The Hall–Kier alpha value is -2.87. The molecule has 1 aliphatic rings. The number of H-pyrrole nitrogens is 1. The number of aromatic amines is 1. The van der Waals surface area contributed by atoms with Crippen LogP contribution >= 0.6 is 0 Å². The predicted octanol–water partition coefficient (Wildman–Crippen LogP) is 3.04. The van der Waals surface area contributed by atoms with Gasteiger partial charge in [0.15, 0.2) is 0 Å². The number of imidazole rings is 1. The third-order valence-corrected chi connectivity index (χ3v) is 4.89. The van der Waals surface area contributed by atoms with Gasteiger partial charge in [0.05, 0.1) is 6.54 Å². The van der Waals surface area contributed by atoms with Gasteiger partial charge in [-0.3, -0.25) is 4.90 Å². The molecule has 0 amide bonds. The van der Waals surface area contributed by atoms with Crippen molar-refractivity contribution in [2.24, 2.45) is 0 Å². The highest BCUT2D eigenvalue weighted by atomic mass is 15.2. The molecule has 0 aliphatic carbocycles. The van der Waals surface area contributed by atoms with Crippen molar-refractivity contribution in [1.82, 2.24) is 34.8 Å². The van der Waals surface area contributed by atoms with Crippen LogP contribution < -0.4 is 5.32 Å². The molecule has 0 radical (unpaired) electrons. The van der Waals surface area contributed by atoms with Crippen LogP contribution in [0.2, 0.25) is 0 Å². The fourth-order valence-electron chi connectivity index (χ4n) is 3.74. The molecule has 1 aliphatic heterocycles. The van der Waals surface area contributed by atoms with Crippen molar-refractivity contribution in [3.63, 3.8) is 0 Å². The fraction of sp³-hybridized carbons (Fsp3) is 0.450. The first kappa shape index (κ1) is 18.5. The molecule has 3 aromatic heterocycles. The van der Waals surface area contributed by atoms with E-state index < -0.39 is 0 Å². The van der Waals surface area contributed by atoms with Crippen LogP contribution in [0.5, 0.6) is 0 Å². The molecule has 1 unspecified atom stereocenters. The lowest BCUT2D eigenvalue weighted by Crippen LogP contribution is -2.35. The normalized spacial score (nSPS) is 17.6. The molecular weight excluding hydrogens is 352 g/mol. The number of piperidine rings is 1. The van der Waals surface area contributed by atoms with Crippen LogP contribution in [0, 0.1) is 20.8 Å². The Morgan fingerprint density at radius 2 is 1.86 bits per heavy atom. The first-order valence-corrected chi connectivity index (χ1v) is 9.70. The monoisotopic (exact) mass is 378 g/mol. The molecule has 4 heterocycles. The van der Waals surface area contributed by atoms with E-state index in [0.29, 0.717) is 11.9 Å². The van der Waals surface area contributed by atoms with Gasteiger partial charge in [-0.1, -0.05) is 0 Å². The van der Waals surface area contributed by atoms with Crippen molar-refractivity contribution in [3.8, 4) is 0 Å². The summed E-state index contributed by atoms with van der Waals surface area (Å²) in [5.74, 6) is 3.51. The topological polar surface area (TPSA) is 95.5 Å². The van der Waals surface area contributed by atoms with Gasteiger partial charge in [0.2, 0.25) is 5.95 Å². The van der Waals surface area contributed by atoms with Crippen LogP contribution in [0.25, 0.3) is 0 Å². The highest BCUT2D eigenvalue weighted by Crippen LogP contribution is 2.26. The number of nitrogens with zero attached hydrogens (tertiary/aromatic N) is 6. The van der Waals surface area contributed by atoms with Crippen molar-refractivity contribution in [3.05, 3.63) is 53.3 Å². The van der Waals surface area contributed by atoms with Gasteiger partial charge in [-0.05, 0) is 46.2 Å². The minimum absolute atomic E-state index is 0.310. The summed E-state index contributed by atoms with van der Waals surface area (Å²) in [5, 5.41) is 3.25. The van der Waals surface area contributed by atoms with Crippen LogP contribution in [0.3, 0.4) is 0 Å². The molecule has 1 saturated heterocycles. The fourth-order valence-corrected chi connectivity index (χ4v) is 3.74. The molecule has 146 valence electrons. The second-order valence-electron chi connectivity index (χ2n) is 7.46. The Morgan fingerprint density at radius 1 is 1.07 bits per heavy atom. The second kappa shape index (κ2) is 8.02. The van der Waals surface area contributed by atoms with Gasteiger partial charge in [0, 0.05) is 48.0 Å². The van der Waals surface area contributed by atoms with Crippen LogP contribution in [0.15, 0.2) is 24.5 Å². The van der Waals surface area contributed by atoms with Gasteiger partial charge < -0.3 is 10.3 Å². The summed E-state index contributed by atoms with van der Waals surface area (Å²) in [6.45, 7) is 8.77. The molecule has 0 spiro atoms. The molecule has 8 heteroatoms. The van der Waals surface area contributed by atoms with Crippen LogP contribution in [0.1, 0.15) is 47.5 Å². The molecule has 2 N–H and O–H groups in total. The van der Waals surface area contributed by atoms with E-state index in [1.165, 1.54) is 0 Å². The molecule has 1 fully saturated rings. The maximum Gasteiger partial charge on any atom is 0.228 e. The maximum atomic E-state index is 4.79. The summed E-state index contributed by atoms with van der Waals surface area (Å²) >= 11 is 0. The van der Waals surface area contributed by atoms with E-state index in [4.69, 9.17) is 9.97 Å². The van der Waals surface area contributed by atoms with Crippen LogP contribution in [-0.2, 0) is 6.54 Å². The Balaban J connectivity index is 1.51. The summed E-state index contributed by atoms with van der Waals surface area (Å²) in [5.41, 5.74) is 2.81. The molecule has 3 aromatic rings. The van der Waals surface area contributed by atoms with Gasteiger partial charge >= 0.3 is 0 Å². The first-order valence-electron chi connectivity index (χ1n) is 9.70. The Morgan fingerprint density at radius 3 is 2.61 bits per heavy atom. The highest BCUT2D eigenvalue weighted by molar-refractivity contribution is 5.48. The van der Waals surface area contributed by atoms with E-state index in [9.17, 15) is 0 Å². The predicted molar refractivity (Wildman–Crippen MR) is 107 cm³/mol. The van der Waals surface area contributed by atoms with Gasteiger partial charge in [-0.25, -0.2) is 24.9 Å². The third kappa shape index (κ3) is 4.51. The number of rotatable bonds is 5.